The van der Waals surface area contributed by atoms with Crippen LogP contribution in [0.2, 0.25) is 10.0 Å². The zero-order valence-corrected chi connectivity index (χ0v) is 11.8. The van der Waals surface area contributed by atoms with Crippen LogP contribution in [0.3, 0.4) is 0 Å². The van der Waals surface area contributed by atoms with Gasteiger partial charge in [-0.05, 0) is 30.5 Å². The number of unbranched alkanes of at least 4 members (excludes halogenated alkanes) is 5. The van der Waals surface area contributed by atoms with Crippen LogP contribution in [0.25, 0.3) is 0 Å². The van der Waals surface area contributed by atoms with Gasteiger partial charge in [-0.1, -0.05) is 62.2 Å². The first-order chi connectivity index (χ1) is 8.15. The van der Waals surface area contributed by atoms with E-state index in [0.29, 0.717) is 10.0 Å². The van der Waals surface area contributed by atoms with Gasteiger partial charge in [-0.15, -0.1) is 0 Å². The fourth-order valence-corrected chi connectivity index (χ4v) is 2.40. The van der Waals surface area contributed by atoms with E-state index in [1.54, 1.807) is 12.1 Å². The van der Waals surface area contributed by atoms with Crippen molar-refractivity contribution in [1.82, 2.24) is 0 Å². The van der Waals surface area contributed by atoms with Crippen LogP contribution >= 0.6 is 23.2 Å². The maximum Gasteiger partial charge on any atom is 0.152 e. The van der Waals surface area contributed by atoms with Crippen LogP contribution in [0, 0.1) is 0 Å². The molecule has 0 saturated heterocycles. The molecule has 17 heavy (non-hydrogen) atoms. The quantitative estimate of drug-likeness (QED) is 0.642. The molecule has 0 atom stereocenters. The maximum atomic E-state index is 9.44. The number of rotatable bonds is 7. The molecule has 0 unspecified atom stereocenters. The van der Waals surface area contributed by atoms with Crippen LogP contribution in [0.5, 0.6) is 5.75 Å². The van der Waals surface area contributed by atoms with Crippen molar-refractivity contribution in [3.8, 4) is 5.75 Å². The summed E-state index contributed by atoms with van der Waals surface area (Å²) in [6.45, 7) is 2.22. The van der Waals surface area contributed by atoms with E-state index in [2.05, 4.69) is 6.92 Å². The van der Waals surface area contributed by atoms with Crippen molar-refractivity contribution in [1.29, 1.82) is 0 Å². The standard InChI is InChI=1S/C14H20Cl2O/c1-2-3-4-5-6-7-8-11-9-12(15)14(17)13(16)10-11/h9-10,17H,2-8H2,1H3. The van der Waals surface area contributed by atoms with Crippen molar-refractivity contribution in [2.75, 3.05) is 0 Å². The Kier molecular flexibility index (Phi) is 6.76. The first-order valence-corrected chi connectivity index (χ1v) is 7.07. The van der Waals surface area contributed by atoms with E-state index in [1.165, 1.54) is 32.1 Å². The lowest BCUT2D eigenvalue weighted by Gasteiger charge is -2.05. The molecule has 0 aliphatic carbocycles. The summed E-state index contributed by atoms with van der Waals surface area (Å²) in [5.74, 6) is -0.0139. The second kappa shape index (κ2) is 7.84. The summed E-state index contributed by atoms with van der Waals surface area (Å²) in [5, 5.41) is 10.1. The molecule has 0 aliphatic heterocycles. The number of phenols is 1. The average Bonchev–Trinajstić information content (AvgIpc) is 2.30. The van der Waals surface area contributed by atoms with E-state index >= 15 is 0 Å². The number of benzene rings is 1. The lowest BCUT2D eigenvalue weighted by molar-refractivity contribution is 0.475. The minimum Gasteiger partial charge on any atom is -0.505 e. The number of halogens is 2. The van der Waals surface area contributed by atoms with Gasteiger partial charge in [0.25, 0.3) is 0 Å². The average molecular weight is 275 g/mol. The van der Waals surface area contributed by atoms with Crippen LogP contribution in [0.15, 0.2) is 12.1 Å². The molecule has 0 heterocycles. The number of phenolic OH excluding ortho intramolecular Hbond substituents is 1. The Morgan fingerprint density at radius 2 is 1.47 bits per heavy atom. The van der Waals surface area contributed by atoms with Gasteiger partial charge in [0.2, 0.25) is 0 Å². The second-order valence-electron chi connectivity index (χ2n) is 4.43. The zero-order valence-electron chi connectivity index (χ0n) is 10.3. The molecule has 0 aromatic heterocycles. The molecular weight excluding hydrogens is 255 g/mol. The van der Waals surface area contributed by atoms with Gasteiger partial charge < -0.3 is 5.11 Å². The van der Waals surface area contributed by atoms with E-state index in [4.69, 9.17) is 23.2 Å². The van der Waals surface area contributed by atoms with Crippen molar-refractivity contribution < 1.29 is 5.11 Å². The highest BCUT2D eigenvalue weighted by atomic mass is 35.5. The van der Waals surface area contributed by atoms with Crippen molar-refractivity contribution >= 4 is 23.2 Å². The SMILES string of the molecule is CCCCCCCCc1cc(Cl)c(O)c(Cl)c1. The Balaban J connectivity index is 2.32. The normalized spacial score (nSPS) is 10.8. The summed E-state index contributed by atoms with van der Waals surface area (Å²) >= 11 is 11.7. The monoisotopic (exact) mass is 274 g/mol. The van der Waals surface area contributed by atoms with E-state index in [1.807, 2.05) is 0 Å². The second-order valence-corrected chi connectivity index (χ2v) is 5.24. The van der Waals surface area contributed by atoms with Crippen LogP contribution in [-0.2, 0) is 6.42 Å². The summed E-state index contributed by atoms with van der Waals surface area (Å²) in [6.07, 6.45) is 8.62. The number of hydrogen-bond donors (Lipinski definition) is 1. The van der Waals surface area contributed by atoms with Crippen molar-refractivity contribution in [2.45, 2.75) is 51.9 Å². The lowest BCUT2D eigenvalue weighted by Crippen LogP contribution is -1.87. The Bertz CT molecular complexity index is 327. The first kappa shape index (κ1) is 14.7. The molecule has 0 amide bonds. The van der Waals surface area contributed by atoms with Gasteiger partial charge in [0.05, 0.1) is 10.0 Å². The van der Waals surface area contributed by atoms with Crippen LogP contribution in [0.1, 0.15) is 51.0 Å². The Labute approximate surface area is 114 Å². The molecule has 1 rings (SSSR count). The molecule has 0 saturated carbocycles. The molecule has 1 aromatic rings. The van der Waals surface area contributed by atoms with Gasteiger partial charge >= 0.3 is 0 Å². The molecule has 0 aliphatic rings. The van der Waals surface area contributed by atoms with E-state index < -0.39 is 0 Å². The molecule has 1 aromatic carbocycles. The van der Waals surface area contributed by atoms with Crippen molar-refractivity contribution in [3.05, 3.63) is 27.7 Å². The highest BCUT2D eigenvalue weighted by molar-refractivity contribution is 6.37. The third-order valence-corrected chi connectivity index (χ3v) is 3.47. The Morgan fingerprint density at radius 3 is 2.06 bits per heavy atom. The predicted molar refractivity (Wildman–Crippen MR) is 75.2 cm³/mol. The van der Waals surface area contributed by atoms with Gasteiger partial charge in [-0.3, -0.25) is 0 Å². The minimum atomic E-state index is -0.0139. The summed E-state index contributed by atoms with van der Waals surface area (Å²) in [5.41, 5.74) is 1.10. The van der Waals surface area contributed by atoms with Crippen LogP contribution in [-0.4, -0.2) is 5.11 Å². The lowest BCUT2D eigenvalue weighted by atomic mass is 10.0. The highest BCUT2D eigenvalue weighted by Crippen LogP contribution is 2.33. The highest BCUT2D eigenvalue weighted by Gasteiger charge is 2.06. The van der Waals surface area contributed by atoms with Gasteiger partial charge in [-0.2, -0.15) is 0 Å². The maximum absolute atomic E-state index is 9.44. The zero-order chi connectivity index (χ0) is 12.7. The molecule has 0 bridgehead atoms. The van der Waals surface area contributed by atoms with Crippen molar-refractivity contribution in [3.63, 3.8) is 0 Å². The molecule has 1 N–H and O–H groups in total. The summed E-state index contributed by atoms with van der Waals surface area (Å²) < 4.78 is 0. The van der Waals surface area contributed by atoms with Crippen molar-refractivity contribution in [2.24, 2.45) is 0 Å². The molecule has 3 heteroatoms. The molecule has 0 radical (unpaired) electrons. The largest absolute Gasteiger partial charge is 0.505 e. The smallest absolute Gasteiger partial charge is 0.152 e. The first-order valence-electron chi connectivity index (χ1n) is 6.32. The summed E-state index contributed by atoms with van der Waals surface area (Å²) in [6, 6.07) is 3.60. The van der Waals surface area contributed by atoms with Gasteiger partial charge in [0.1, 0.15) is 0 Å². The molecule has 0 fully saturated rings. The topological polar surface area (TPSA) is 20.2 Å². The molecule has 1 nitrogen and oxygen atoms in total. The van der Waals surface area contributed by atoms with Crippen LogP contribution < -0.4 is 0 Å². The number of hydrogen-bond acceptors (Lipinski definition) is 1. The fourth-order valence-electron chi connectivity index (χ4n) is 1.87. The van der Waals surface area contributed by atoms with Gasteiger partial charge in [-0.25, -0.2) is 0 Å². The third-order valence-electron chi connectivity index (χ3n) is 2.90. The van der Waals surface area contributed by atoms with Crippen LogP contribution in [0.4, 0.5) is 0 Å². The van der Waals surface area contributed by atoms with Gasteiger partial charge in [0.15, 0.2) is 5.75 Å². The molecule has 96 valence electrons. The number of aromatic hydroxyl groups is 1. The van der Waals surface area contributed by atoms with E-state index in [-0.39, 0.29) is 5.75 Å². The van der Waals surface area contributed by atoms with Gasteiger partial charge in [0, 0.05) is 0 Å². The summed E-state index contributed by atoms with van der Waals surface area (Å²) in [4.78, 5) is 0. The number of aryl methyl sites for hydroxylation is 1. The molecular formula is C14H20Cl2O. The Hall–Kier alpha value is -0.400. The fraction of sp³-hybridized carbons (Fsp3) is 0.571. The Morgan fingerprint density at radius 1 is 0.941 bits per heavy atom. The van der Waals surface area contributed by atoms with E-state index in [9.17, 15) is 5.11 Å². The minimum absolute atomic E-state index is 0.0139. The third kappa shape index (κ3) is 5.18. The predicted octanol–water partition coefficient (Wildman–Crippen LogP) is 5.60. The molecule has 0 spiro atoms. The summed E-state index contributed by atoms with van der Waals surface area (Å²) in [7, 11) is 0. The van der Waals surface area contributed by atoms with E-state index in [0.717, 1.165) is 18.4 Å².